The number of hydrogen-bond donors (Lipinski definition) is 0. The number of fused-ring (bicyclic) bond motifs is 6. The summed E-state index contributed by atoms with van der Waals surface area (Å²) in [4.78, 5) is 45.4. The van der Waals surface area contributed by atoms with Crippen molar-refractivity contribution in [1.29, 1.82) is 0 Å². The molecule has 0 aliphatic carbocycles. The zero-order valence-corrected chi connectivity index (χ0v) is 21.8. The van der Waals surface area contributed by atoms with Crippen molar-refractivity contribution < 1.29 is 28.6 Å². The maximum atomic E-state index is 14.2. The molecule has 38 heavy (non-hydrogen) atoms. The number of amides is 2. The molecule has 0 N–H and O–H groups in total. The van der Waals surface area contributed by atoms with Gasteiger partial charge in [0.1, 0.15) is 11.8 Å². The van der Waals surface area contributed by atoms with Gasteiger partial charge in [-0.15, -0.1) is 0 Å². The van der Waals surface area contributed by atoms with Crippen LogP contribution in [0.1, 0.15) is 15.9 Å². The van der Waals surface area contributed by atoms with Crippen LogP contribution < -0.4 is 24.0 Å². The van der Waals surface area contributed by atoms with Crippen LogP contribution in [0.2, 0.25) is 0 Å². The number of hydrogen-bond acceptors (Lipinski definition) is 7. The average molecular weight is 573 g/mol. The van der Waals surface area contributed by atoms with Crippen molar-refractivity contribution in [2.75, 3.05) is 23.7 Å². The van der Waals surface area contributed by atoms with Crippen LogP contribution in [-0.4, -0.2) is 43.6 Å². The summed E-state index contributed by atoms with van der Waals surface area (Å²) in [6, 6.07) is 16.5. The number of rotatable bonds is 4. The van der Waals surface area contributed by atoms with Crippen molar-refractivity contribution in [1.82, 2.24) is 0 Å². The van der Waals surface area contributed by atoms with E-state index in [1.165, 1.54) is 4.90 Å². The molecular weight excluding hydrogens is 552 g/mol. The number of carbonyl (C=O) groups is 3. The van der Waals surface area contributed by atoms with Crippen LogP contribution >= 0.6 is 15.9 Å². The van der Waals surface area contributed by atoms with Crippen LogP contribution in [0.4, 0.5) is 11.4 Å². The van der Waals surface area contributed by atoms with E-state index in [0.29, 0.717) is 33.0 Å². The monoisotopic (exact) mass is 572 g/mol. The Hall–Kier alpha value is -4.11. The molecule has 4 aliphatic rings. The van der Waals surface area contributed by atoms with E-state index in [1.807, 2.05) is 41.3 Å². The van der Waals surface area contributed by atoms with E-state index < -0.39 is 29.8 Å². The third kappa shape index (κ3) is 3.18. The summed E-state index contributed by atoms with van der Waals surface area (Å²) in [5.74, 6) is -0.904. The normalized spacial score (nSPS) is 24.4. The molecule has 190 valence electrons. The minimum atomic E-state index is -0.869. The molecule has 4 heterocycles. The highest BCUT2D eigenvalue weighted by Gasteiger charge is 2.64. The molecule has 3 aromatic rings. The highest BCUT2D eigenvalue weighted by molar-refractivity contribution is 9.10. The van der Waals surface area contributed by atoms with Crippen LogP contribution in [0.25, 0.3) is 6.08 Å². The van der Waals surface area contributed by atoms with Gasteiger partial charge in [-0.05, 0) is 57.9 Å². The number of benzene rings is 3. The molecule has 0 bridgehead atoms. The van der Waals surface area contributed by atoms with Crippen molar-refractivity contribution in [3.63, 3.8) is 0 Å². The van der Waals surface area contributed by atoms with E-state index in [1.54, 1.807) is 43.5 Å². The van der Waals surface area contributed by atoms with Gasteiger partial charge < -0.3 is 19.1 Å². The Bertz CT molecular complexity index is 1570. The number of para-hydroxylation sites is 1. The van der Waals surface area contributed by atoms with E-state index in [0.717, 1.165) is 11.3 Å². The molecule has 0 aromatic heterocycles. The molecule has 2 saturated heterocycles. The minimum absolute atomic E-state index is 0.0845. The molecule has 8 nitrogen and oxygen atoms in total. The molecule has 4 atom stereocenters. The lowest BCUT2D eigenvalue weighted by Gasteiger charge is -2.36. The van der Waals surface area contributed by atoms with Crippen LogP contribution in [0.5, 0.6) is 17.2 Å². The van der Waals surface area contributed by atoms with Crippen LogP contribution in [0, 0.1) is 11.8 Å². The van der Waals surface area contributed by atoms with Crippen molar-refractivity contribution in [2.45, 2.75) is 12.1 Å². The van der Waals surface area contributed by atoms with Crippen LogP contribution in [0.15, 0.2) is 71.2 Å². The summed E-state index contributed by atoms with van der Waals surface area (Å²) < 4.78 is 16.8. The van der Waals surface area contributed by atoms with Crippen molar-refractivity contribution in [3.8, 4) is 17.2 Å². The molecule has 2 fully saturated rings. The standard InChI is InChI=1S/C29H21BrN2O6/c1-36-21-10-7-16(12-18(21)30)27(33)26-25-24(20-9-6-15-4-2-3-5-19(15)32(20)26)28(34)31(29(25)35)17-8-11-22-23(13-17)38-14-37-22/h2-13,20,24-26H,14H2,1H3/t20-,24-,25+,26-/m1/s1. The molecule has 2 amide bonds. The fourth-order valence-electron chi connectivity index (χ4n) is 6.08. The molecule has 4 aliphatic heterocycles. The first-order valence-electron chi connectivity index (χ1n) is 12.2. The summed E-state index contributed by atoms with van der Waals surface area (Å²) in [5.41, 5.74) is 2.60. The molecule has 7 rings (SSSR count). The Balaban J connectivity index is 1.35. The Morgan fingerprint density at radius 1 is 0.974 bits per heavy atom. The number of methoxy groups -OCH3 is 1. The summed E-state index contributed by atoms with van der Waals surface area (Å²) in [6.45, 7) is 0.0845. The number of imide groups is 1. The number of Topliss-reactive ketones (excluding diaryl/α,β-unsaturated/α-hetero) is 1. The number of carbonyl (C=O) groups excluding carboxylic acids is 3. The van der Waals surface area contributed by atoms with Gasteiger partial charge in [0.15, 0.2) is 17.3 Å². The third-order valence-electron chi connectivity index (χ3n) is 7.73. The van der Waals surface area contributed by atoms with Gasteiger partial charge in [0.2, 0.25) is 18.6 Å². The second kappa shape index (κ2) is 8.46. The van der Waals surface area contributed by atoms with Crippen molar-refractivity contribution >= 4 is 51.0 Å². The smallest absolute Gasteiger partial charge is 0.240 e. The zero-order chi connectivity index (χ0) is 26.1. The minimum Gasteiger partial charge on any atom is -0.496 e. The Morgan fingerprint density at radius 3 is 2.58 bits per heavy atom. The van der Waals surface area contributed by atoms with Gasteiger partial charge in [0, 0.05) is 17.3 Å². The lowest BCUT2D eigenvalue weighted by molar-refractivity contribution is -0.122. The van der Waals surface area contributed by atoms with Gasteiger partial charge in [-0.2, -0.15) is 0 Å². The van der Waals surface area contributed by atoms with Crippen molar-refractivity contribution in [3.05, 3.63) is 82.3 Å². The number of nitrogens with zero attached hydrogens (tertiary/aromatic N) is 2. The molecule has 0 spiro atoms. The first-order chi connectivity index (χ1) is 18.5. The van der Waals surface area contributed by atoms with E-state index in [9.17, 15) is 14.4 Å². The summed E-state index contributed by atoms with van der Waals surface area (Å²) >= 11 is 3.47. The predicted octanol–water partition coefficient (Wildman–Crippen LogP) is 4.46. The zero-order valence-electron chi connectivity index (χ0n) is 20.2. The number of anilines is 2. The topological polar surface area (TPSA) is 85.4 Å². The molecule has 0 unspecified atom stereocenters. The number of ether oxygens (including phenoxy) is 3. The van der Waals surface area contributed by atoms with Gasteiger partial charge in [-0.1, -0.05) is 30.4 Å². The molecular formula is C29H21BrN2O6. The first kappa shape index (κ1) is 23.0. The number of ketones is 1. The molecule has 9 heteroatoms. The lowest BCUT2D eigenvalue weighted by atomic mass is 9.86. The molecule has 0 saturated carbocycles. The Labute approximate surface area is 226 Å². The predicted molar refractivity (Wildman–Crippen MR) is 143 cm³/mol. The Morgan fingerprint density at radius 2 is 1.76 bits per heavy atom. The van der Waals surface area contributed by atoms with Gasteiger partial charge >= 0.3 is 0 Å². The highest BCUT2D eigenvalue weighted by atomic mass is 79.9. The second-order valence-corrected chi connectivity index (χ2v) is 10.4. The number of halogens is 1. The van der Waals surface area contributed by atoms with Crippen LogP contribution in [0.3, 0.4) is 0 Å². The first-order valence-corrected chi connectivity index (χ1v) is 13.0. The molecule has 0 radical (unpaired) electrons. The van der Waals surface area contributed by atoms with Gasteiger partial charge in [-0.3, -0.25) is 14.4 Å². The van der Waals surface area contributed by atoms with Gasteiger partial charge in [0.05, 0.1) is 35.1 Å². The van der Waals surface area contributed by atoms with Gasteiger partial charge in [-0.25, -0.2) is 4.90 Å². The van der Waals surface area contributed by atoms with E-state index in [2.05, 4.69) is 15.9 Å². The van der Waals surface area contributed by atoms with Gasteiger partial charge in [0.25, 0.3) is 0 Å². The average Bonchev–Trinajstić information content (AvgIpc) is 3.61. The van der Waals surface area contributed by atoms with Crippen molar-refractivity contribution in [2.24, 2.45) is 11.8 Å². The van der Waals surface area contributed by atoms with E-state index in [-0.39, 0.29) is 18.5 Å². The third-order valence-corrected chi connectivity index (χ3v) is 8.35. The maximum absolute atomic E-state index is 14.2. The maximum Gasteiger partial charge on any atom is 0.240 e. The fourth-order valence-corrected chi connectivity index (χ4v) is 6.62. The largest absolute Gasteiger partial charge is 0.496 e. The van der Waals surface area contributed by atoms with Crippen LogP contribution in [-0.2, 0) is 9.59 Å². The lowest BCUT2D eigenvalue weighted by Crippen LogP contribution is -2.48. The van der Waals surface area contributed by atoms with E-state index >= 15 is 0 Å². The Kier molecular flexibility index (Phi) is 5.13. The quantitative estimate of drug-likeness (QED) is 0.337. The SMILES string of the molecule is COc1ccc(C(=O)[C@H]2[C@H]3C(=O)N(c4ccc5c(c4)OCO5)C(=O)[C@@H]3[C@H]3C=Cc4ccccc4N32)cc1Br. The van der Waals surface area contributed by atoms with E-state index in [4.69, 9.17) is 14.2 Å². The summed E-state index contributed by atoms with van der Waals surface area (Å²) in [7, 11) is 1.55. The highest BCUT2D eigenvalue weighted by Crippen LogP contribution is 2.50. The fraction of sp³-hybridized carbons (Fsp3) is 0.207. The summed E-state index contributed by atoms with van der Waals surface area (Å²) in [5, 5.41) is 0. The second-order valence-electron chi connectivity index (χ2n) is 9.58. The molecule has 3 aromatic carbocycles. The summed E-state index contributed by atoms with van der Waals surface area (Å²) in [6.07, 6.45) is 3.90.